The molecular formula is C15H15IN2OS. The molecule has 0 atom stereocenters. The van der Waals surface area contributed by atoms with Crippen LogP contribution in [-0.4, -0.2) is 10.9 Å². The van der Waals surface area contributed by atoms with Crippen molar-refractivity contribution in [1.29, 1.82) is 0 Å². The normalized spacial score (nSPS) is 14.4. The number of hydrogen-bond acceptors (Lipinski definition) is 3. The van der Waals surface area contributed by atoms with Crippen LogP contribution in [-0.2, 0) is 12.8 Å². The van der Waals surface area contributed by atoms with E-state index in [4.69, 9.17) is 0 Å². The second kappa shape index (κ2) is 6.22. The Hall–Kier alpha value is -0.950. The highest BCUT2D eigenvalue weighted by Gasteiger charge is 2.16. The third-order valence-corrected chi connectivity index (χ3v) is 5.45. The zero-order valence-corrected chi connectivity index (χ0v) is 14.0. The zero-order chi connectivity index (χ0) is 13.9. The molecule has 1 N–H and O–H groups in total. The molecule has 1 heterocycles. The minimum atomic E-state index is -0.0705. The van der Waals surface area contributed by atoms with Crippen LogP contribution in [0, 0.1) is 3.57 Å². The van der Waals surface area contributed by atoms with E-state index in [0.29, 0.717) is 5.56 Å². The smallest absolute Gasteiger partial charge is 0.258 e. The van der Waals surface area contributed by atoms with Crippen LogP contribution in [0.25, 0.3) is 0 Å². The Morgan fingerprint density at radius 2 is 2.00 bits per heavy atom. The fraction of sp³-hybridized carbons (Fsp3) is 0.333. The molecule has 104 valence electrons. The summed E-state index contributed by atoms with van der Waals surface area (Å²) >= 11 is 3.81. The van der Waals surface area contributed by atoms with E-state index in [0.717, 1.165) is 21.5 Å². The van der Waals surface area contributed by atoms with Crippen LogP contribution in [0.15, 0.2) is 24.3 Å². The Balaban J connectivity index is 1.78. The van der Waals surface area contributed by atoms with E-state index >= 15 is 0 Å². The fourth-order valence-corrected chi connectivity index (χ4v) is 4.07. The van der Waals surface area contributed by atoms with Crippen molar-refractivity contribution in [2.45, 2.75) is 32.1 Å². The maximum absolute atomic E-state index is 12.3. The van der Waals surface area contributed by atoms with Crippen LogP contribution in [0.3, 0.4) is 0 Å². The van der Waals surface area contributed by atoms with Crippen molar-refractivity contribution in [2.24, 2.45) is 0 Å². The van der Waals surface area contributed by atoms with E-state index in [-0.39, 0.29) is 5.91 Å². The topological polar surface area (TPSA) is 42.0 Å². The SMILES string of the molecule is O=C(Nc1nc2c(s1)CCCCC2)c1ccccc1I. The first kappa shape index (κ1) is 14.0. The van der Waals surface area contributed by atoms with E-state index < -0.39 is 0 Å². The maximum Gasteiger partial charge on any atom is 0.258 e. The lowest BCUT2D eigenvalue weighted by Gasteiger charge is -2.03. The Morgan fingerprint density at radius 3 is 2.85 bits per heavy atom. The minimum absolute atomic E-state index is 0.0705. The largest absolute Gasteiger partial charge is 0.298 e. The number of rotatable bonds is 2. The first-order valence-corrected chi connectivity index (χ1v) is 8.68. The average molecular weight is 398 g/mol. The van der Waals surface area contributed by atoms with Crippen molar-refractivity contribution in [3.63, 3.8) is 0 Å². The lowest BCUT2D eigenvalue weighted by Crippen LogP contribution is -2.13. The molecule has 1 aromatic carbocycles. The number of thiazole rings is 1. The lowest BCUT2D eigenvalue weighted by atomic mass is 10.2. The molecule has 0 radical (unpaired) electrons. The van der Waals surface area contributed by atoms with Crippen LogP contribution in [0.2, 0.25) is 0 Å². The number of halogens is 1. The molecule has 0 unspecified atom stereocenters. The molecule has 0 aliphatic heterocycles. The van der Waals surface area contributed by atoms with Gasteiger partial charge in [-0.3, -0.25) is 10.1 Å². The summed E-state index contributed by atoms with van der Waals surface area (Å²) in [7, 11) is 0. The van der Waals surface area contributed by atoms with E-state index in [1.54, 1.807) is 11.3 Å². The molecule has 0 spiro atoms. The Morgan fingerprint density at radius 1 is 1.20 bits per heavy atom. The summed E-state index contributed by atoms with van der Waals surface area (Å²) < 4.78 is 0.959. The van der Waals surface area contributed by atoms with Crippen molar-refractivity contribution >= 4 is 45.0 Å². The van der Waals surface area contributed by atoms with Gasteiger partial charge in [0.05, 0.1) is 11.3 Å². The van der Waals surface area contributed by atoms with E-state index in [9.17, 15) is 4.79 Å². The number of fused-ring (bicyclic) bond motifs is 1. The number of nitrogens with zero attached hydrogens (tertiary/aromatic N) is 1. The highest BCUT2D eigenvalue weighted by molar-refractivity contribution is 14.1. The first-order chi connectivity index (χ1) is 9.74. The van der Waals surface area contributed by atoms with Crippen LogP contribution >= 0.6 is 33.9 Å². The number of amides is 1. The predicted octanol–water partition coefficient (Wildman–Crippen LogP) is 4.27. The summed E-state index contributed by atoms with van der Waals surface area (Å²) in [6.45, 7) is 0. The highest BCUT2D eigenvalue weighted by Crippen LogP contribution is 2.29. The summed E-state index contributed by atoms with van der Waals surface area (Å²) in [6, 6.07) is 7.60. The summed E-state index contributed by atoms with van der Waals surface area (Å²) in [5.41, 5.74) is 1.89. The van der Waals surface area contributed by atoms with Crippen molar-refractivity contribution in [3.05, 3.63) is 44.0 Å². The molecule has 0 saturated carbocycles. The molecule has 3 rings (SSSR count). The molecule has 3 nitrogen and oxygen atoms in total. The van der Waals surface area contributed by atoms with E-state index in [1.807, 2.05) is 24.3 Å². The Labute approximate surface area is 136 Å². The average Bonchev–Trinajstić information content (AvgIpc) is 2.68. The summed E-state index contributed by atoms with van der Waals surface area (Å²) in [5, 5.41) is 3.68. The predicted molar refractivity (Wildman–Crippen MR) is 90.5 cm³/mol. The quantitative estimate of drug-likeness (QED) is 0.607. The van der Waals surface area contributed by atoms with Gasteiger partial charge in [0, 0.05) is 8.45 Å². The van der Waals surface area contributed by atoms with Gasteiger partial charge in [-0.1, -0.05) is 18.6 Å². The maximum atomic E-state index is 12.3. The lowest BCUT2D eigenvalue weighted by molar-refractivity contribution is 0.102. The van der Waals surface area contributed by atoms with Gasteiger partial charge in [-0.25, -0.2) is 4.98 Å². The van der Waals surface area contributed by atoms with Gasteiger partial charge < -0.3 is 0 Å². The Bertz CT molecular complexity index is 615. The zero-order valence-electron chi connectivity index (χ0n) is 11.0. The van der Waals surface area contributed by atoms with Crippen LogP contribution in [0.1, 0.15) is 40.2 Å². The van der Waals surface area contributed by atoms with Gasteiger partial charge in [-0.05, 0) is 60.4 Å². The standard InChI is InChI=1S/C15H15IN2OS/c16-11-7-5-4-6-10(11)14(19)18-15-17-12-8-2-1-3-9-13(12)20-15/h4-7H,1-3,8-9H2,(H,17,18,19). The minimum Gasteiger partial charge on any atom is -0.298 e. The van der Waals surface area contributed by atoms with Gasteiger partial charge in [0.2, 0.25) is 0 Å². The number of aryl methyl sites for hydroxylation is 2. The number of carbonyl (C=O) groups is 1. The monoisotopic (exact) mass is 398 g/mol. The summed E-state index contributed by atoms with van der Waals surface area (Å²) in [6.07, 6.45) is 5.88. The molecule has 1 aliphatic carbocycles. The number of aromatic nitrogens is 1. The van der Waals surface area contributed by atoms with Crippen molar-refractivity contribution < 1.29 is 4.79 Å². The number of carbonyl (C=O) groups excluding carboxylic acids is 1. The molecular weight excluding hydrogens is 383 g/mol. The summed E-state index contributed by atoms with van der Waals surface area (Å²) in [4.78, 5) is 18.2. The molecule has 1 amide bonds. The van der Waals surface area contributed by atoms with Crippen LogP contribution in [0.5, 0.6) is 0 Å². The molecule has 20 heavy (non-hydrogen) atoms. The van der Waals surface area contributed by atoms with Crippen LogP contribution in [0.4, 0.5) is 5.13 Å². The number of anilines is 1. The fourth-order valence-electron chi connectivity index (χ4n) is 2.39. The van der Waals surface area contributed by atoms with Gasteiger partial charge in [-0.2, -0.15) is 0 Å². The molecule has 2 aromatic rings. The number of benzene rings is 1. The van der Waals surface area contributed by atoms with Gasteiger partial charge in [0.15, 0.2) is 5.13 Å². The molecule has 0 bridgehead atoms. The third kappa shape index (κ3) is 3.03. The van der Waals surface area contributed by atoms with Gasteiger partial charge in [0.1, 0.15) is 0 Å². The highest BCUT2D eigenvalue weighted by atomic mass is 127. The van der Waals surface area contributed by atoms with Gasteiger partial charge in [0.25, 0.3) is 5.91 Å². The van der Waals surface area contributed by atoms with Gasteiger partial charge in [-0.15, -0.1) is 11.3 Å². The Kier molecular flexibility index (Phi) is 4.35. The van der Waals surface area contributed by atoms with Crippen molar-refractivity contribution in [2.75, 3.05) is 5.32 Å². The third-order valence-electron chi connectivity index (χ3n) is 3.43. The summed E-state index contributed by atoms with van der Waals surface area (Å²) in [5.74, 6) is -0.0705. The van der Waals surface area contributed by atoms with Crippen molar-refractivity contribution in [1.82, 2.24) is 4.98 Å². The second-order valence-electron chi connectivity index (χ2n) is 4.88. The number of hydrogen-bond donors (Lipinski definition) is 1. The molecule has 1 aromatic heterocycles. The molecule has 1 aliphatic rings. The van der Waals surface area contributed by atoms with Crippen LogP contribution < -0.4 is 5.32 Å². The van der Waals surface area contributed by atoms with Gasteiger partial charge >= 0.3 is 0 Å². The number of nitrogens with one attached hydrogen (secondary N) is 1. The van der Waals surface area contributed by atoms with E-state index in [1.165, 1.54) is 29.8 Å². The molecule has 0 saturated heterocycles. The molecule has 5 heteroatoms. The van der Waals surface area contributed by atoms with E-state index in [2.05, 4.69) is 32.9 Å². The molecule has 0 fully saturated rings. The van der Waals surface area contributed by atoms with Crippen molar-refractivity contribution in [3.8, 4) is 0 Å². The second-order valence-corrected chi connectivity index (χ2v) is 7.13. The first-order valence-electron chi connectivity index (χ1n) is 6.78.